The van der Waals surface area contributed by atoms with E-state index in [4.69, 9.17) is 5.73 Å². The lowest BCUT2D eigenvalue weighted by atomic mass is 9.86. The zero-order chi connectivity index (χ0) is 23.6. The third-order valence-corrected chi connectivity index (χ3v) is 5.63. The van der Waals surface area contributed by atoms with Gasteiger partial charge in [0.15, 0.2) is 5.82 Å². The summed E-state index contributed by atoms with van der Waals surface area (Å²) >= 11 is 0. The number of nitrogens with zero attached hydrogens (tertiary/aromatic N) is 4. The molecule has 7 heteroatoms. The van der Waals surface area contributed by atoms with Crippen LogP contribution in [0.5, 0.6) is 0 Å². The summed E-state index contributed by atoms with van der Waals surface area (Å²) in [4.78, 5) is 30.3. The summed E-state index contributed by atoms with van der Waals surface area (Å²) in [6.45, 7) is 9.02. The van der Waals surface area contributed by atoms with Crippen LogP contribution < -0.4 is 11.1 Å². The van der Waals surface area contributed by atoms with Crippen molar-refractivity contribution in [3.8, 4) is 11.4 Å². The van der Waals surface area contributed by atoms with E-state index in [1.54, 1.807) is 6.21 Å². The Morgan fingerprint density at radius 3 is 2.48 bits per heavy atom. The number of rotatable bonds is 5. The van der Waals surface area contributed by atoms with Gasteiger partial charge in [0.2, 0.25) is 5.95 Å². The Bertz CT molecular complexity index is 1250. The molecule has 0 spiro atoms. The first-order valence-electron chi connectivity index (χ1n) is 10.9. The molecule has 2 aromatic carbocycles. The molecule has 0 saturated carbocycles. The molecule has 3 N–H and O–H groups in total. The molecule has 0 bridgehead atoms. The van der Waals surface area contributed by atoms with E-state index in [-0.39, 0.29) is 17.3 Å². The molecule has 1 aliphatic heterocycles. The Hall–Kier alpha value is -3.87. The lowest BCUT2D eigenvalue weighted by Gasteiger charge is -2.19. The highest BCUT2D eigenvalue weighted by Gasteiger charge is 2.17. The van der Waals surface area contributed by atoms with Gasteiger partial charge >= 0.3 is 0 Å². The number of anilines is 2. The van der Waals surface area contributed by atoms with Crippen molar-refractivity contribution in [3.63, 3.8) is 0 Å². The number of nitrogens with one attached hydrogen (secondary N) is 1. The molecule has 1 amide bonds. The van der Waals surface area contributed by atoms with Gasteiger partial charge < -0.3 is 11.1 Å². The summed E-state index contributed by atoms with van der Waals surface area (Å²) in [5, 5.41) is 3.02. The van der Waals surface area contributed by atoms with Gasteiger partial charge in [-0.25, -0.2) is 4.98 Å². The lowest BCUT2D eigenvalue weighted by Crippen LogP contribution is -2.15. The summed E-state index contributed by atoms with van der Waals surface area (Å²) in [6, 6.07) is 13.4. The number of aromatic nitrogens is 3. The van der Waals surface area contributed by atoms with Crippen LogP contribution in [0.4, 0.5) is 11.6 Å². The first kappa shape index (κ1) is 22.3. The highest BCUT2D eigenvalue weighted by Crippen LogP contribution is 2.28. The van der Waals surface area contributed by atoms with E-state index in [9.17, 15) is 4.79 Å². The summed E-state index contributed by atoms with van der Waals surface area (Å²) < 4.78 is 0. The van der Waals surface area contributed by atoms with Crippen molar-refractivity contribution in [2.24, 2.45) is 4.99 Å². The first-order valence-corrected chi connectivity index (χ1v) is 10.9. The predicted molar refractivity (Wildman–Crippen MR) is 133 cm³/mol. The number of nitrogen functional groups attached to an aromatic ring is 1. The van der Waals surface area contributed by atoms with E-state index in [1.807, 2.05) is 55.5 Å². The molecule has 0 fully saturated rings. The first-order chi connectivity index (χ1) is 15.7. The monoisotopic (exact) mass is 440 g/mol. The molecule has 2 heterocycles. The summed E-state index contributed by atoms with van der Waals surface area (Å²) in [5.41, 5.74) is 11.3. The average Bonchev–Trinajstić information content (AvgIpc) is 3.27. The highest BCUT2D eigenvalue weighted by molar-refractivity contribution is 6.05. The van der Waals surface area contributed by atoms with Gasteiger partial charge in [-0.05, 0) is 53.3 Å². The minimum absolute atomic E-state index is 0.0342. The minimum atomic E-state index is -0.167. The van der Waals surface area contributed by atoms with Crippen LogP contribution in [0.1, 0.15) is 48.1 Å². The van der Waals surface area contributed by atoms with Gasteiger partial charge in [0, 0.05) is 29.4 Å². The van der Waals surface area contributed by atoms with Crippen molar-refractivity contribution >= 4 is 23.8 Å². The van der Waals surface area contributed by atoms with E-state index in [1.165, 1.54) is 5.56 Å². The number of allylic oxidation sites excluding steroid dienone is 1. The third-order valence-electron chi connectivity index (χ3n) is 5.63. The fourth-order valence-electron chi connectivity index (χ4n) is 3.67. The van der Waals surface area contributed by atoms with E-state index in [2.05, 4.69) is 46.0 Å². The molecule has 0 radical (unpaired) electrons. The second-order valence-corrected chi connectivity index (χ2v) is 9.18. The fourth-order valence-corrected chi connectivity index (χ4v) is 3.67. The molecular weight excluding hydrogens is 412 g/mol. The predicted octanol–water partition coefficient (Wildman–Crippen LogP) is 4.53. The molecule has 0 atom stereocenters. The summed E-state index contributed by atoms with van der Waals surface area (Å²) in [5.74, 6) is 1.09. The summed E-state index contributed by atoms with van der Waals surface area (Å²) in [6.07, 6.45) is 4.32. The number of hydrogen-bond acceptors (Lipinski definition) is 6. The van der Waals surface area contributed by atoms with E-state index >= 15 is 0 Å². The molecule has 0 saturated heterocycles. The standard InChI is InChI=1S/C26H28N6O/c1-16-20(23-30-22(31-25(27)32-23)14-17-12-13-28-15-17)6-5-7-21(16)29-24(33)18-8-10-19(11-9-18)26(2,3)4/h5-13H,14-15H2,1-4H3,(H,29,33)(H2,27,30,31,32). The molecule has 4 rings (SSSR count). The van der Waals surface area contributed by atoms with Crippen LogP contribution in [0.3, 0.4) is 0 Å². The summed E-state index contributed by atoms with van der Waals surface area (Å²) in [7, 11) is 0. The molecule has 0 aliphatic carbocycles. The molecular formula is C26H28N6O. The second kappa shape index (κ2) is 8.94. The van der Waals surface area contributed by atoms with Gasteiger partial charge in [0.25, 0.3) is 5.91 Å². The number of carbonyl (C=O) groups excluding carboxylic acids is 1. The Kier molecular flexibility index (Phi) is 6.05. The van der Waals surface area contributed by atoms with Crippen LogP contribution in [-0.4, -0.2) is 33.6 Å². The van der Waals surface area contributed by atoms with Gasteiger partial charge in [0.1, 0.15) is 5.82 Å². The molecule has 1 aromatic heterocycles. The average molecular weight is 441 g/mol. The van der Waals surface area contributed by atoms with E-state index < -0.39 is 0 Å². The van der Waals surface area contributed by atoms with Gasteiger partial charge in [-0.15, -0.1) is 0 Å². The highest BCUT2D eigenvalue weighted by atomic mass is 16.1. The quantitative estimate of drug-likeness (QED) is 0.606. The Morgan fingerprint density at radius 1 is 1.06 bits per heavy atom. The molecule has 1 aliphatic rings. The van der Waals surface area contributed by atoms with Gasteiger partial charge in [-0.1, -0.05) is 45.0 Å². The van der Waals surface area contributed by atoms with Gasteiger partial charge in [-0.3, -0.25) is 9.79 Å². The molecule has 33 heavy (non-hydrogen) atoms. The van der Waals surface area contributed by atoms with Crippen molar-refractivity contribution in [1.82, 2.24) is 15.0 Å². The maximum atomic E-state index is 12.9. The Labute approximate surface area is 193 Å². The zero-order valence-corrected chi connectivity index (χ0v) is 19.4. The van der Waals surface area contributed by atoms with Crippen molar-refractivity contribution in [2.75, 3.05) is 17.6 Å². The van der Waals surface area contributed by atoms with Crippen LogP contribution in [0.25, 0.3) is 11.4 Å². The lowest BCUT2D eigenvalue weighted by molar-refractivity contribution is 0.102. The Balaban J connectivity index is 1.58. The van der Waals surface area contributed by atoms with Crippen molar-refractivity contribution < 1.29 is 4.79 Å². The molecule has 0 unspecified atom stereocenters. The smallest absolute Gasteiger partial charge is 0.255 e. The van der Waals surface area contributed by atoms with Crippen molar-refractivity contribution in [3.05, 3.63) is 76.6 Å². The van der Waals surface area contributed by atoms with E-state index in [0.717, 1.165) is 16.7 Å². The van der Waals surface area contributed by atoms with E-state index in [0.29, 0.717) is 35.9 Å². The number of nitrogens with two attached hydrogens (primary N) is 1. The SMILES string of the molecule is Cc1c(NC(=O)c2ccc(C(C)(C)C)cc2)cccc1-c1nc(N)nc(CC2=CC=NC2)n1. The van der Waals surface area contributed by atoms with Crippen molar-refractivity contribution in [2.45, 2.75) is 39.5 Å². The van der Waals surface area contributed by atoms with Crippen LogP contribution in [0.2, 0.25) is 0 Å². The number of aliphatic imine (C=N–C) groups is 1. The topological polar surface area (TPSA) is 106 Å². The maximum absolute atomic E-state index is 12.9. The fraction of sp³-hybridized carbons (Fsp3) is 0.269. The largest absolute Gasteiger partial charge is 0.368 e. The third kappa shape index (κ3) is 5.14. The Morgan fingerprint density at radius 2 is 1.82 bits per heavy atom. The van der Waals surface area contributed by atoms with Crippen LogP contribution in [0, 0.1) is 6.92 Å². The van der Waals surface area contributed by atoms with Crippen LogP contribution in [0.15, 0.2) is 59.1 Å². The van der Waals surface area contributed by atoms with Crippen molar-refractivity contribution in [1.29, 1.82) is 0 Å². The normalized spacial score (nSPS) is 13.2. The second-order valence-electron chi connectivity index (χ2n) is 9.18. The molecule has 168 valence electrons. The van der Waals surface area contributed by atoms with Gasteiger partial charge in [-0.2, -0.15) is 9.97 Å². The number of amides is 1. The maximum Gasteiger partial charge on any atom is 0.255 e. The number of hydrogen-bond donors (Lipinski definition) is 2. The minimum Gasteiger partial charge on any atom is -0.368 e. The van der Waals surface area contributed by atoms with Crippen LogP contribution >= 0.6 is 0 Å². The number of carbonyl (C=O) groups is 1. The number of benzene rings is 2. The van der Waals surface area contributed by atoms with Crippen LogP contribution in [-0.2, 0) is 11.8 Å². The molecule has 7 nitrogen and oxygen atoms in total. The zero-order valence-electron chi connectivity index (χ0n) is 19.4. The molecule has 3 aromatic rings. The van der Waals surface area contributed by atoms with Gasteiger partial charge in [0.05, 0.1) is 6.54 Å².